The molecule has 1 aromatic carbocycles. The minimum Gasteiger partial charge on any atom is -0.489 e. The SMILES string of the molecule is C=CCOc1ccccc1C(=O)N1CC[C@H](O)C[C@@H]1C(=O)O. The fourth-order valence-corrected chi connectivity index (χ4v) is 2.50. The van der Waals surface area contributed by atoms with E-state index in [0.717, 1.165) is 0 Å². The number of amides is 1. The van der Waals surface area contributed by atoms with E-state index >= 15 is 0 Å². The standard InChI is InChI=1S/C16H19NO5/c1-2-9-22-14-6-4-3-5-12(14)15(19)17-8-7-11(18)10-13(17)16(20)21/h2-6,11,13,18H,1,7-10H2,(H,20,21)/t11-,13+/m0/s1. The number of aliphatic carboxylic acids is 1. The zero-order valence-corrected chi connectivity index (χ0v) is 12.1. The highest BCUT2D eigenvalue weighted by molar-refractivity contribution is 5.99. The number of aliphatic hydroxyl groups excluding tert-OH is 1. The smallest absolute Gasteiger partial charge is 0.326 e. The lowest BCUT2D eigenvalue weighted by atomic mass is 9.98. The first-order valence-corrected chi connectivity index (χ1v) is 7.09. The van der Waals surface area contributed by atoms with Crippen molar-refractivity contribution < 1.29 is 24.5 Å². The predicted octanol–water partition coefficient (Wildman–Crippen LogP) is 1.30. The Kier molecular flexibility index (Phi) is 5.16. The van der Waals surface area contributed by atoms with E-state index in [2.05, 4.69) is 6.58 Å². The highest BCUT2D eigenvalue weighted by Crippen LogP contribution is 2.25. The molecule has 1 heterocycles. The van der Waals surface area contributed by atoms with Gasteiger partial charge >= 0.3 is 5.97 Å². The Morgan fingerprint density at radius 1 is 1.41 bits per heavy atom. The van der Waals surface area contributed by atoms with Gasteiger partial charge in [-0.3, -0.25) is 4.79 Å². The summed E-state index contributed by atoms with van der Waals surface area (Å²) in [4.78, 5) is 25.3. The Morgan fingerprint density at radius 3 is 2.82 bits per heavy atom. The molecule has 2 atom stereocenters. The Labute approximate surface area is 128 Å². The number of nitrogens with zero attached hydrogens (tertiary/aromatic N) is 1. The molecule has 6 nitrogen and oxygen atoms in total. The molecule has 6 heteroatoms. The van der Waals surface area contributed by atoms with Crippen LogP contribution < -0.4 is 4.74 Å². The number of ether oxygens (including phenoxy) is 1. The van der Waals surface area contributed by atoms with Crippen LogP contribution in [0.1, 0.15) is 23.2 Å². The number of rotatable bonds is 5. The molecule has 0 bridgehead atoms. The number of hydrogen-bond acceptors (Lipinski definition) is 4. The summed E-state index contributed by atoms with van der Waals surface area (Å²) in [6.07, 6.45) is 1.28. The zero-order valence-electron chi connectivity index (χ0n) is 12.1. The molecule has 0 unspecified atom stereocenters. The normalized spacial score (nSPS) is 21.2. The van der Waals surface area contributed by atoms with Gasteiger partial charge < -0.3 is 19.8 Å². The molecule has 0 radical (unpaired) electrons. The van der Waals surface area contributed by atoms with E-state index in [9.17, 15) is 19.8 Å². The first-order valence-electron chi connectivity index (χ1n) is 7.09. The first-order chi connectivity index (χ1) is 10.5. The van der Waals surface area contributed by atoms with Crippen molar-refractivity contribution in [1.29, 1.82) is 0 Å². The number of carbonyl (C=O) groups excluding carboxylic acids is 1. The van der Waals surface area contributed by atoms with Gasteiger partial charge in [0.1, 0.15) is 18.4 Å². The lowest BCUT2D eigenvalue weighted by molar-refractivity contribution is -0.145. The van der Waals surface area contributed by atoms with Crippen LogP contribution in [0.15, 0.2) is 36.9 Å². The maximum absolute atomic E-state index is 12.7. The molecule has 1 aliphatic rings. The van der Waals surface area contributed by atoms with Crippen molar-refractivity contribution in [3.63, 3.8) is 0 Å². The molecule has 0 aliphatic carbocycles. The van der Waals surface area contributed by atoms with Crippen molar-refractivity contribution in [2.45, 2.75) is 25.0 Å². The predicted molar refractivity (Wildman–Crippen MR) is 79.8 cm³/mol. The minimum absolute atomic E-state index is 0.0384. The largest absolute Gasteiger partial charge is 0.489 e. The fraction of sp³-hybridized carbons (Fsp3) is 0.375. The van der Waals surface area contributed by atoms with Crippen molar-refractivity contribution in [3.05, 3.63) is 42.5 Å². The molecule has 2 N–H and O–H groups in total. The average Bonchev–Trinajstić information content (AvgIpc) is 2.52. The molecule has 1 fully saturated rings. The van der Waals surface area contributed by atoms with Crippen LogP contribution in [0.25, 0.3) is 0 Å². The molecule has 1 saturated heterocycles. The van der Waals surface area contributed by atoms with E-state index in [1.807, 2.05) is 0 Å². The molecular formula is C16H19NO5. The lowest BCUT2D eigenvalue weighted by Crippen LogP contribution is -2.51. The third kappa shape index (κ3) is 3.46. The summed E-state index contributed by atoms with van der Waals surface area (Å²) < 4.78 is 5.45. The summed E-state index contributed by atoms with van der Waals surface area (Å²) in [6.45, 7) is 4.01. The Hall–Kier alpha value is -2.34. The molecule has 118 valence electrons. The molecule has 0 saturated carbocycles. The topological polar surface area (TPSA) is 87.1 Å². The van der Waals surface area contributed by atoms with E-state index < -0.39 is 24.0 Å². The quantitative estimate of drug-likeness (QED) is 0.801. The van der Waals surface area contributed by atoms with E-state index in [0.29, 0.717) is 17.7 Å². The molecule has 2 rings (SSSR count). The highest BCUT2D eigenvalue weighted by atomic mass is 16.5. The second kappa shape index (κ2) is 7.09. The second-order valence-electron chi connectivity index (χ2n) is 5.13. The van der Waals surface area contributed by atoms with Crippen LogP contribution in [0, 0.1) is 0 Å². The number of carboxylic acid groups (broad SMARTS) is 1. The van der Waals surface area contributed by atoms with Crippen LogP contribution in [-0.4, -0.2) is 52.3 Å². The summed E-state index contributed by atoms with van der Waals surface area (Å²) in [6, 6.07) is 5.67. The van der Waals surface area contributed by atoms with Crippen LogP contribution >= 0.6 is 0 Å². The molecule has 0 spiro atoms. The summed E-state index contributed by atoms with van der Waals surface area (Å²) in [5, 5.41) is 18.9. The number of likely N-dealkylation sites (tertiary alicyclic amines) is 1. The number of carbonyl (C=O) groups is 2. The van der Waals surface area contributed by atoms with E-state index in [-0.39, 0.29) is 19.6 Å². The number of benzene rings is 1. The van der Waals surface area contributed by atoms with E-state index in [4.69, 9.17) is 4.74 Å². The molecule has 0 aromatic heterocycles. The van der Waals surface area contributed by atoms with Crippen LogP contribution in [0.3, 0.4) is 0 Å². The number of aliphatic hydroxyl groups is 1. The third-order valence-corrected chi connectivity index (χ3v) is 3.59. The van der Waals surface area contributed by atoms with Crippen molar-refractivity contribution in [1.82, 2.24) is 4.90 Å². The van der Waals surface area contributed by atoms with Crippen molar-refractivity contribution >= 4 is 11.9 Å². The third-order valence-electron chi connectivity index (χ3n) is 3.59. The van der Waals surface area contributed by atoms with Gasteiger partial charge in [0.25, 0.3) is 5.91 Å². The summed E-state index contributed by atoms with van der Waals surface area (Å²) in [7, 11) is 0. The Balaban J connectivity index is 2.26. The maximum atomic E-state index is 12.7. The van der Waals surface area contributed by atoms with Gasteiger partial charge in [0, 0.05) is 13.0 Å². The van der Waals surface area contributed by atoms with Crippen LogP contribution in [0.4, 0.5) is 0 Å². The maximum Gasteiger partial charge on any atom is 0.326 e. The van der Waals surface area contributed by atoms with Gasteiger partial charge in [0.05, 0.1) is 11.7 Å². The Bertz CT molecular complexity index is 571. The second-order valence-corrected chi connectivity index (χ2v) is 5.13. The average molecular weight is 305 g/mol. The van der Waals surface area contributed by atoms with Crippen molar-refractivity contribution in [2.75, 3.05) is 13.2 Å². The first kappa shape index (κ1) is 16.0. The van der Waals surface area contributed by atoms with Gasteiger partial charge in [0.2, 0.25) is 0 Å². The Morgan fingerprint density at radius 2 is 2.14 bits per heavy atom. The number of carboxylic acids is 1. The summed E-state index contributed by atoms with van der Waals surface area (Å²) in [5.41, 5.74) is 0.312. The van der Waals surface area contributed by atoms with E-state index in [1.165, 1.54) is 4.90 Å². The summed E-state index contributed by atoms with van der Waals surface area (Å²) >= 11 is 0. The van der Waals surface area contributed by atoms with Crippen LogP contribution in [-0.2, 0) is 4.79 Å². The zero-order chi connectivity index (χ0) is 16.1. The minimum atomic E-state index is -1.11. The highest BCUT2D eigenvalue weighted by Gasteiger charge is 2.36. The molecule has 1 aliphatic heterocycles. The van der Waals surface area contributed by atoms with E-state index in [1.54, 1.807) is 30.3 Å². The molecule has 1 amide bonds. The lowest BCUT2D eigenvalue weighted by Gasteiger charge is -2.35. The fourth-order valence-electron chi connectivity index (χ4n) is 2.50. The number of piperidine rings is 1. The van der Waals surface area contributed by atoms with Crippen molar-refractivity contribution in [2.24, 2.45) is 0 Å². The summed E-state index contributed by atoms with van der Waals surface area (Å²) in [5.74, 6) is -1.13. The van der Waals surface area contributed by atoms with Gasteiger partial charge in [-0.2, -0.15) is 0 Å². The molecule has 22 heavy (non-hydrogen) atoms. The monoisotopic (exact) mass is 305 g/mol. The van der Waals surface area contributed by atoms with Gasteiger partial charge in [-0.25, -0.2) is 4.79 Å². The molecule has 1 aromatic rings. The number of hydrogen-bond donors (Lipinski definition) is 2. The van der Waals surface area contributed by atoms with Crippen molar-refractivity contribution in [3.8, 4) is 5.75 Å². The van der Waals surface area contributed by atoms with Gasteiger partial charge in [-0.05, 0) is 18.6 Å². The van der Waals surface area contributed by atoms with Gasteiger partial charge in [-0.1, -0.05) is 24.8 Å². The molecular weight excluding hydrogens is 286 g/mol. The van der Waals surface area contributed by atoms with Crippen LogP contribution in [0.5, 0.6) is 5.75 Å². The van der Waals surface area contributed by atoms with Gasteiger partial charge in [0.15, 0.2) is 0 Å². The number of para-hydroxylation sites is 1. The van der Waals surface area contributed by atoms with Gasteiger partial charge in [-0.15, -0.1) is 0 Å². The van der Waals surface area contributed by atoms with Crippen LogP contribution in [0.2, 0.25) is 0 Å².